The molecule has 0 unspecified atom stereocenters. The van der Waals surface area contributed by atoms with Crippen LogP contribution in [-0.4, -0.2) is 29.1 Å². The molecule has 0 fully saturated rings. The Balaban J connectivity index is 1.77. The fourth-order valence-electron chi connectivity index (χ4n) is 2.37. The SMILES string of the molecule is CCCOc1c(Cl)cc(C(=O)OCc2cc(=O)n3ccsc3n2)cc1OC. The molecule has 0 aliphatic carbocycles. The molecule has 2 aromatic heterocycles. The molecule has 0 bridgehead atoms. The average Bonchev–Trinajstić information content (AvgIpc) is 3.13. The molecular formula is C18H17ClN2O5S. The molecule has 142 valence electrons. The monoisotopic (exact) mass is 408 g/mol. The molecular weight excluding hydrogens is 392 g/mol. The third-order valence-electron chi connectivity index (χ3n) is 3.62. The van der Waals surface area contributed by atoms with Crippen molar-refractivity contribution < 1.29 is 19.0 Å². The molecule has 0 aliphatic rings. The quantitative estimate of drug-likeness (QED) is 0.556. The average molecular weight is 409 g/mol. The van der Waals surface area contributed by atoms with E-state index in [1.54, 1.807) is 11.6 Å². The summed E-state index contributed by atoms with van der Waals surface area (Å²) in [7, 11) is 1.47. The van der Waals surface area contributed by atoms with Crippen LogP contribution in [0.3, 0.4) is 0 Å². The van der Waals surface area contributed by atoms with Crippen LogP contribution in [0.25, 0.3) is 4.96 Å². The lowest BCUT2D eigenvalue weighted by atomic mass is 10.2. The summed E-state index contributed by atoms with van der Waals surface area (Å²) in [5.41, 5.74) is 0.362. The van der Waals surface area contributed by atoms with Gasteiger partial charge in [0.25, 0.3) is 5.56 Å². The van der Waals surface area contributed by atoms with E-state index in [1.165, 1.54) is 41.0 Å². The van der Waals surface area contributed by atoms with Crippen LogP contribution in [0.15, 0.2) is 34.6 Å². The van der Waals surface area contributed by atoms with Gasteiger partial charge in [-0.15, -0.1) is 11.3 Å². The van der Waals surface area contributed by atoms with Gasteiger partial charge in [0.1, 0.15) is 6.61 Å². The highest BCUT2D eigenvalue weighted by molar-refractivity contribution is 7.15. The number of aromatic nitrogens is 2. The summed E-state index contributed by atoms with van der Waals surface area (Å²) >= 11 is 7.54. The Bertz CT molecular complexity index is 1030. The summed E-state index contributed by atoms with van der Waals surface area (Å²) in [6.07, 6.45) is 2.45. The van der Waals surface area contributed by atoms with Gasteiger partial charge in [-0.3, -0.25) is 9.20 Å². The molecule has 0 radical (unpaired) electrons. The van der Waals surface area contributed by atoms with E-state index in [0.717, 1.165) is 6.42 Å². The number of methoxy groups -OCH3 is 1. The highest BCUT2D eigenvalue weighted by atomic mass is 35.5. The maximum atomic E-state index is 12.4. The van der Waals surface area contributed by atoms with Crippen molar-refractivity contribution in [1.29, 1.82) is 0 Å². The van der Waals surface area contributed by atoms with E-state index >= 15 is 0 Å². The van der Waals surface area contributed by atoms with Gasteiger partial charge in [-0.25, -0.2) is 9.78 Å². The number of ether oxygens (including phenoxy) is 3. The Morgan fingerprint density at radius 2 is 2.15 bits per heavy atom. The number of carbonyl (C=O) groups excluding carboxylic acids is 1. The van der Waals surface area contributed by atoms with Crippen molar-refractivity contribution in [3.8, 4) is 11.5 Å². The van der Waals surface area contributed by atoms with Gasteiger partial charge < -0.3 is 14.2 Å². The maximum absolute atomic E-state index is 12.4. The molecule has 0 spiro atoms. The Hall–Kier alpha value is -2.58. The number of esters is 1. The molecule has 0 saturated heterocycles. The number of hydrogen-bond donors (Lipinski definition) is 0. The van der Waals surface area contributed by atoms with Crippen LogP contribution in [0.5, 0.6) is 11.5 Å². The second-order valence-corrected chi connectivity index (χ2v) is 6.84. The Morgan fingerprint density at radius 3 is 2.89 bits per heavy atom. The predicted molar refractivity (Wildman–Crippen MR) is 102 cm³/mol. The highest BCUT2D eigenvalue weighted by Crippen LogP contribution is 2.36. The molecule has 27 heavy (non-hydrogen) atoms. The van der Waals surface area contributed by atoms with Gasteiger partial charge in [0.05, 0.1) is 30.0 Å². The van der Waals surface area contributed by atoms with E-state index in [2.05, 4.69) is 4.98 Å². The van der Waals surface area contributed by atoms with E-state index in [9.17, 15) is 9.59 Å². The van der Waals surface area contributed by atoms with Crippen molar-refractivity contribution in [2.24, 2.45) is 0 Å². The summed E-state index contributed by atoms with van der Waals surface area (Å²) in [4.78, 5) is 29.2. The normalized spacial score (nSPS) is 10.8. The molecule has 7 nitrogen and oxygen atoms in total. The first kappa shape index (κ1) is 19.2. The first-order valence-corrected chi connectivity index (χ1v) is 9.42. The Kier molecular flexibility index (Phi) is 5.98. The summed E-state index contributed by atoms with van der Waals surface area (Å²) in [5.74, 6) is 0.125. The second-order valence-electron chi connectivity index (χ2n) is 5.56. The second kappa shape index (κ2) is 8.41. The zero-order valence-corrected chi connectivity index (χ0v) is 16.3. The lowest BCUT2D eigenvalue weighted by Crippen LogP contribution is -2.14. The summed E-state index contributed by atoms with van der Waals surface area (Å²) in [5, 5.41) is 2.02. The van der Waals surface area contributed by atoms with Crippen LogP contribution < -0.4 is 15.0 Å². The van der Waals surface area contributed by atoms with E-state index in [4.69, 9.17) is 25.8 Å². The topological polar surface area (TPSA) is 79.1 Å². The molecule has 0 atom stereocenters. The van der Waals surface area contributed by atoms with Gasteiger partial charge in [0, 0.05) is 17.6 Å². The van der Waals surface area contributed by atoms with Crippen LogP contribution in [-0.2, 0) is 11.3 Å². The fourth-order valence-corrected chi connectivity index (χ4v) is 3.37. The van der Waals surface area contributed by atoms with Crippen molar-refractivity contribution in [1.82, 2.24) is 9.38 Å². The number of fused-ring (bicyclic) bond motifs is 1. The van der Waals surface area contributed by atoms with Crippen molar-refractivity contribution in [3.63, 3.8) is 0 Å². The first-order chi connectivity index (χ1) is 13.0. The number of halogens is 1. The molecule has 0 aliphatic heterocycles. The Morgan fingerprint density at radius 1 is 1.33 bits per heavy atom. The van der Waals surface area contributed by atoms with Crippen molar-refractivity contribution >= 4 is 33.9 Å². The zero-order chi connectivity index (χ0) is 19.4. The van der Waals surface area contributed by atoms with Crippen LogP contribution in [0.1, 0.15) is 29.4 Å². The molecule has 3 aromatic rings. The molecule has 3 rings (SSSR count). The lowest BCUT2D eigenvalue weighted by molar-refractivity contribution is 0.0467. The number of benzene rings is 1. The highest BCUT2D eigenvalue weighted by Gasteiger charge is 2.17. The Labute approximate surface area is 164 Å². The van der Waals surface area contributed by atoms with E-state index in [0.29, 0.717) is 28.8 Å². The molecule has 1 aromatic carbocycles. The van der Waals surface area contributed by atoms with Gasteiger partial charge >= 0.3 is 5.97 Å². The number of hydrogen-bond acceptors (Lipinski definition) is 7. The van der Waals surface area contributed by atoms with E-state index < -0.39 is 5.97 Å². The van der Waals surface area contributed by atoms with Gasteiger partial charge in [-0.2, -0.15) is 0 Å². The summed E-state index contributed by atoms with van der Waals surface area (Å²) in [6.45, 7) is 2.32. The number of rotatable bonds is 7. The van der Waals surface area contributed by atoms with Gasteiger partial charge in [-0.1, -0.05) is 18.5 Å². The van der Waals surface area contributed by atoms with Crippen molar-refractivity contribution in [2.75, 3.05) is 13.7 Å². The third-order valence-corrected chi connectivity index (χ3v) is 4.66. The van der Waals surface area contributed by atoms with Crippen LogP contribution in [0.4, 0.5) is 0 Å². The minimum absolute atomic E-state index is 0.128. The lowest BCUT2D eigenvalue weighted by Gasteiger charge is -2.13. The standard InChI is InChI=1S/C18H17ClN2O5S/c1-3-5-25-16-13(19)7-11(8-14(16)24-2)17(23)26-10-12-9-15(22)21-4-6-27-18(21)20-12/h4,6-9H,3,5,10H2,1-2H3. The van der Waals surface area contributed by atoms with Gasteiger partial charge in [0.15, 0.2) is 16.5 Å². The molecule has 0 amide bonds. The van der Waals surface area contributed by atoms with Crippen LogP contribution in [0, 0.1) is 0 Å². The first-order valence-electron chi connectivity index (χ1n) is 8.16. The van der Waals surface area contributed by atoms with Crippen LogP contribution >= 0.6 is 22.9 Å². The maximum Gasteiger partial charge on any atom is 0.338 e. The number of carbonyl (C=O) groups is 1. The summed E-state index contributed by atoms with van der Waals surface area (Å²) < 4.78 is 17.5. The van der Waals surface area contributed by atoms with Gasteiger partial charge in [0.2, 0.25) is 0 Å². The molecule has 9 heteroatoms. The fraction of sp³-hybridized carbons (Fsp3) is 0.278. The number of nitrogens with zero attached hydrogens (tertiary/aromatic N) is 2. The minimum Gasteiger partial charge on any atom is -0.493 e. The number of thiazole rings is 1. The molecule has 0 N–H and O–H groups in total. The van der Waals surface area contributed by atoms with Gasteiger partial charge in [-0.05, 0) is 18.6 Å². The minimum atomic E-state index is -0.606. The van der Waals surface area contributed by atoms with Crippen molar-refractivity contribution in [3.05, 3.63) is 56.4 Å². The molecule has 0 saturated carbocycles. The zero-order valence-electron chi connectivity index (χ0n) is 14.7. The van der Waals surface area contributed by atoms with Crippen molar-refractivity contribution in [2.45, 2.75) is 20.0 Å². The smallest absolute Gasteiger partial charge is 0.338 e. The predicted octanol–water partition coefficient (Wildman–Crippen LogP) is 3.56. The molecule has 2 heterocycles. The van der Waals surface area contributed by atoms with Crippen LogP contribution in [0.2, 0.25) is 5.02 Å². The van der Waals surface area contributed by atoms with E-state index in [-0.39, 0.29) is 22.8 Å². The third kappa shape index (κ3) is 4.23. The van der Waals surface area contributed by atoms with E-state index in [1.807, 2.05) is 6.92 Å². The summed E-state index contributed by atoms with van der Waals surface area (Å²) in [6, 6.07) is 4.30. The largest absolute Gasteiger partial charge is 0.493 e.